The molecular formula is C30H34F2. The van der Waals surface area contributed by atoms with E-state index in [1.54, 1.807) is 12.1 Å². The first kappa shape index (κ1) is 22.7. The van der Waals surface area contributed by atoms with Crippen molar-refractivity contribution >= 4 is 0 Å². The first-order valence-corrected chi connectivity index (χ1v) is 12.2. The fraction of sp³-hybridized carbons (Fsp3) is 0.400. The Morgan fingerprint density at radius 1 is 0.781 bits per heavy atom. The lowest BCUT2D eigenvalue weighted by Crippen LogP contribution is -2.13. The van der Waals surface area contributed by atoms with Crippen molar-refractivity contribution in [3.63, 3.8) is 0 Å². The van der Waals surface area contributed by atoms with Crippen molar-refractivity contribution in [3.05, 3.63) is 106 Å². The Labute approximate surface area is 191 Å². The summed E-state index contributed by atoms with van der Waals surface area (Å²) in [5.74, 6) is 0.563. The number of benzene rings is 3. The highest BCUT2D eigenvalue weighted by Crippen LogP contribution is 2.41. The summed E-state index contributed by atoms with van der Waals surface area (Å²) in [6.45, 7) is 4.23. The van der Waals surface area contributed by atoms with Gasteiger partial charge in [0.15, 0.2) is 0 Å². The van der Waals surface area contributed by atoms with Crippen LogP contribution in [0, 0.1) is 11.6 Å². The summed E-state index contributed by atoms with van der Waals surface area (Å²) >= 11 is 0. The normalized spacial score (nSPS) is 19.6. The van der Waals surface area contributed by atoms with E-state index in [2.05, 4.69) is 61.5 Å². The molecule has 0 nitrogen and oxygen atoms in total. The largest absolute Gasteiger partial charge is 0.207 e. The van der Waals surface area contributed by atoms with Crippen LogP contribution < -0.4 is 0 Å². The van der Waals surface area contributed by atoms with Crippen LogP contribution in [-0.2, 0) is 12.8 Å². The van der Waals surface area contributed by atoms with Crippen LogP contribution in [0.25, 0.3) is 0 Å². The van der Waals surface area contributed by atoms with E-state index in [1.165, 1.54) is 16.7 Å². The van der Waals surface area contributed by atoms with Crippen molar-refractivity contribution in [1.82, 2.24) is 0 Å². The maximum absolute atomic E-state index is 14.4. The lowest BCUT2D eigenvalue weighted by atomic mass is 9.76. The van der Waals surface area contributed by atoms with Crippen LogP contribution in [0.3, 0.4) is 0 Å². The van der Waals surface area contributed by atoms with Crippen molar-refractivity contribution in [1.29, 1.82) is 0 Å². The molecule has 0 N–H and O–H groups in total. The highest BCUT2D eigenvalue weighted by Gasteiger charge is 2.25. The first-order chi connectivity index (χ1) is 15.5. The molecule has 1 atom stereocenters. The number of hydrogen-bond acceptors (Lipinski definition) is 0. The van der Waals surface area contributed by atoms with Crippen LogP contribution in [0.15, 0.2) is 66.7 Å². The molecular weight excluding hydrogens is 398 g/mol. The highest BCUT2D eigenvalue weighted by molar-refractivity contribution is 5.31. The Morgan fingerprint density at radius 3 is 1.91 bits per heavy atom. The number of halogens is 2. The van der Waals surface area contributed by atoms with E-state index in [-0.39, 0.29) is 23.1 Å². The molecule has 0 aromatic heterocycles. The van der Waals surface area contributed by atoms with Gasteiger partial charge in [-0.1, -0.05) is 74.9 Å². The average Bonchev–Trinajstić information content (AvgIpc) is 2.82. The Morgan fingerprint density at radius 2 is 1.34 bits per heavy atom. The van der Waals surface area contributed by atoms with Crippen LogP contribution in [0.1, 0.15) is 91.5 Å². The summed E-state index contributed by atoms with van der Waals surface area (Å²) in [6.07, 6.45) is 6.39. The zero-order valence-corrected chi connectivity index (χ0v) is 19.3. The molecule has 1 aliphatic rings. The van der Waals surface area contributed by atoms with E-state index in [4.69, 9.17) is 0 Å². The minimum absolute atomic E-state index is 0.242. The van der Waals surface area contributed by atoms with Crippen molar-refractivity contribution in [2.75, 3.05) is 0 Å². The van der Waals surface area contributed by atoms with Crippen molar-refractivity contribution < 1.29 is 8.78 Å². The van der Waals surface area contributed by atoms with E-state index in [0.29, 0.717) is 18.3 Å². The number of rotatable bonds is 7. The monoisotopic (exact) mass is 432 g/mol. The molecule has 3 aromatic rings. The Kier molecular flexibility index (Phi) is 7.40. The second-order valence-corrected chi connectivity index (χ2v) is 9.52. The van der Waals surface area contributed by atoms with Gasteiger partial charge in [-0.25, -0.2) is 8.78 Å². The summed E-state index contributed by atoms with van der Waals surface area (Å²) in [7, 11) is 0. The lowest BCUT2D eigenvalue weighted by Gasteiger charge is -2.29. The molecule has 0 aliphatic heterocycles. The van der Waals surface area contributed by atoms with E-state index in [9.17, 15) is 8.78 Å². The summed E-state index contributed by atoms with van der Waals surface area (Å²) < 4.78 is 28.8. The fourth-order valence-electron chi connectivity index (χ4n) is 5.29. The third-order valence-corrected chi connectivity index (χ3v) is 7.22. The van der Waals surface area contributed by atoms with Gasteiger partial charge in [-0.3, -0.25) is 0 Å². The second-order valence-electron chi connectivity index (χ2n) is 9.52. The molecule has 1 saturated carbocycles. The maximum atomic E-state index is 14.4. The Hall–Kier alpha value is -2.48. The van der Waals surface area contributed by atoms with Crippen LogP contribution in [0.2, 0.25) is 0 Å². The molecule has 0 spiro atoms. The summed E-state index contributed by atoms with van der Waals surface area (Å²) in [5, 5.41) is 0. The van der Waals surface area contributed by atoms with Gasteiger partial charge < -0.3 is 0 Å². The summed E-state index contributed by atoms with van der Waals surface area (Å²) in [6, 6.07) is 23.0. The smallest absolute Gasteiger partial charge is 0.129 e. The zero-order valence-electron chi connectivity index (χ0n) is 19.3. The molecule has 0 saturated heterocycles. The molecule has 32 heavy (non-hydrogen) atoms. The first-order valence-electron chi connectivity index (χ1n) is 12.2. The molecule has 0 unspecified atom stereocenters. The van der Waals surface area contributed by atoms with E-state index in [0.717, 1.165) is 44.1 Å². The van der Waals surface area contributed by atoms with E-state index in [1.807, 2.05) is 6.92 Å². The molecule has 4 rings (SSSR count). The maximum Gasteiger partial charge on any atom is 0.129 e. The van der Waals surface area contributed by atoms with Gasteiger partial charge >= 0.3 is 0 Å². The van der Waals surface area contributed by atoms with Crippen LogP contribution in [0.4, 0.5) is 8.78 Å². The van der Waals surface area contributed by atoms with Crippen molar-refractivity contribution in [3.8, 4) is 0 Å². The zero-order chi connectivity index (χ0) is 22.5. The Balaban J connectivity index is 1.35. The van der Waals surface area contributed by atoms with Crippen LogP contribution in [-0.4, -0.2) is 0 Å². The third kappa shape index (κ3) is 5.28. The van der Waals surface area contributed by atoms with Crippen LogP contribution >= 0.6 is 0 Å². The minimum Gasteiger partial charge on any atom is -0.207 e. The van der Waals surface area contributed by atoms with Gasteiger partial charge in [-0.2, -0.15) is 0 Å². The van der Waals surface area contributed by atoms with E-state index < -0.39 is 0 Å². The Bertz CT molecular complexity index is 976. The molecule has 2 heteroatoms. The second kappa shape index (κ2) is 10.4. The topological polar surface area (TPSA) is 0 Å². The predicted molar refractivity (Wildman–Crippen MR) is 129 cm³/mol. The highest BCUT2D eigenvalue weighted by atomic mass is 19.1. The molecule has 168 valence electrons. The lowest BCUT2D eigenvalue weighted by molar-refractivity contribution is 0.393. The van der Waals surface area contributed by atoms with Gasteiger partial charge in [0.1, 0.15) is 11.6 Å². The van der Waals surface area contributed by atoms with Gasteiger partial charge in [-0.05, 0) is 90.7 Å². The molecule has 1 fully saturated rings. The van der Waals surface area contributed by atoms with Gasteiger partial charge in [-0.15, -0.1) is 0 Å². The van der Waals surface area contributed by atoms with Gasteiger partial charge in [0.05, 0.1) is 0 Å². The quantitative estimate of drug-likeness (QED) is 0.350. The molecule has 0 amide bonds. The van der Waals surface area contributed by atoms with Gasteiger partial charge in [0.2, 0.25) is 0 Å². The summed E-state index contributed by atoms with van der Waals surface area (Å²) in [5.41, 5.74) is 5.23. The minimum atomic E-state index is -0.371. The van der Waals surface area contributed by atoms with Crippen molar-refractivity contribution in [2.24, 2.45) is 0 Å². The molecule has 0 bridgehead atoms. The van der Waals surface area contributed by atoms with E-state index >= 15 is 0 Å². The average molecular weight is 433 g/mol. The van der Waals surface area contributed by atoms with Gasteiger partial charge in [0, 0.05) is 5.56 Å². The molecule has 3 aromatic carbocycles. The predicted octanol–water partition coefficient (Wildman–Crippen LogP) is 8.70. The molecule has 0 heterocycles. The molecule has 1 aliphatic carbocycles. The van der Waals surface area contributed by atoms with Crippen LogP contribution in [0.5, 0.6) is 0 Å². The standard InChI is InChI=1S/C30H34F2/c1-3-7-28-29(31)19-27(20-30(28)32)26-16-14-25(15-17-26)24-12-10-22(11-13-24)18-21(2)23-8-5-4-6-9-23/h4-6,8-13,19-21,25-26H,3,7,14-18H2,1-2H3/t21-,25?,26?/m1/s1. The SMILES string of the molecule is CCCc1c(F)cc(C2CCC(c3ccc(C[C@@H](C)c4ccccc4)cc3)CC2)cc1F. The third-order valence-electron chi connectivity index (χ3n) is 7.22. The number of hydrogen-bond donors (Lipinski definition) is 0. The van der Waals surface area contributed by atoms with Crippen molar-refractivity contribution in [2.45, 2.75) is 76.5 Å². The molecule has 0 radical (unpaired) electrons. The summed E-state index contributed by atoms with van der Waals surface area (Å²) in [4.78, 5) is 0. The fourth-order valence-corrected chi connectivity index (χ4v) is 5.29. The van der Waals surface area contributed by atoms with Gasteiger partial charge in [0.25, 0.3) is 0 Å².